The SMILES string of the molecule is CC(C)C[C@H](N=S(=O)=O)C(=O)N[C@@H](Cc1ccccc1)C(=O)O. The van der Waals surface area contributed by atoms with E-state index in [9.17, 15) is 23.1 Å². The lowest BCUT2D eigenvalue weighted by Crippen LogP contribution is -2.46. The molecule has 0 saturated carbocycles. The Morgan fingerprint density at radius 1 is 1.22 bits per heavy atom. The van der Waals surface area contributed by atoms with Crippen LogP contribution in [0.5, 0.6) is 0 Å². The highest BCUT2D eigenvalue weighted by molar-refractivity contribution is 7.61. The van der Waals surface area contributed by atoms with Crippen molar-refractivity contribution in [1.82, 2.24) is 5.32 Å². The summed E-state index contributed by atoms with van der Waals surface area (Å²) >= 11 is 0. The molecular weight excluding hydrogens is 320 g/mol. The molecule has 2 atom stereocenters. The van der Waals surface area contributed by atoms with Gasteiger partial charge in [0.1, 0.15) is 12.1 Å². The first-order valence-corrected chi connectivity index (χ1v) is 8.20. The number of carboxylic acid groups (broad SMARTS) is 1. The Hall–Kier alpha value is -2.22. The molecule has 0 radical (unpaired) electrons. The van der Waals surface area contributed by atoms with Crippen LogP contribution in [0.25, 0.3) is 0 Å². The number of rotatable bonds is 8. The topological polar surface area (TPSA) is 113 Å². The number of hydrogen-bond acceptors (Lipinski definition) is 5. The Labute approximate surface area is 136 Å². The van der Waals surface area contributed by atoms with Crippen LogP contribution in [0.15, 0.2) is 34.7 Å². The van der Waals surface area contributed by atoms with Crippen molar-refractivity contribution in [3.8, 4) is 0 Å². The molecule has 126 valence electrons. The highest BCUT2D eigenvalue weighted by Crippen LogP contribution is 2.10. The summed E-state index contributed by atoms with van der Waals surface area (Å²) in [6, 6.07) is 6.59. The molecule has 0 aliphatic heterocycles. The van der Waals surface area contributed by atoms with Gasteiger partial charge in [0.25, 0.3) is 0 Å². The van der Waals surface area contributed by atoms with Gasteiger partial charge in [0.15, 0.2) is 0 Å². The summed E-state index contributed by atoms with van der Waals surface area (Å²) in [5, 5.41) is 11.6. The minimum Gasteiger partial charge on any atom is -0.480 e. The number of nitrogens with zero attached hydrogens (tertiary/aromatic N) is 1. The van der Waals surface area contributed by atoms with Crippen LogP contribution in [-0.4, -0.2) is 37.5 Å². The molecule has 0 aromatic heterocycles. The van der Waals surface area contributed by atoms with Gasteiger partial charge >= 0.3 is 16.5 Å². The zero-order valence-corrected chi connectivity index (χ0v) is 13.8. The first-order chi connectivity index (χ1) is 10.8. The van der Waals surface area contributed by atoms with Crippen molar-refractivity contribution in [3.05, 3.63) is 35.9 Å². The van der Waals surface area contributed by atoms with E-state index >= 15 is 0 Å². The van der Waals surface area contributed by atoms with Crippen molar-refractivity contribution < 1.29 is 23.1 Å². The van der Waals surface area contributed by atoms with Gasteiger partial charge in [-0.3, -0.25) is 4.79 Å². The lowest BCUT2D eigenvalue weighted by molar-refractivity contribution is -0.142. The van der Waals surface area contributed by atoms with Gasteiger partial charge in [0.2, 0.25) is 5.91 Å². The molecule has 0 fully saturated rings. The smallest absolute Gasteiger partial charge is 0.326 e. The van der Waals surface area contributed by atoms with E-state index in [0.29, 0.717) is 0 Å². The molecule has 0 unspecified atom stereocenters. The second kappa shape index (κ2) is 9.04. The Bertz CT molecular complexity index is 662. The molecule has 0 aliphatic carbocycles. The molecule has 1 amide bonds. The minimum atomic E-state index is -2.73. The van der Waals surface area contributed by atoms with Crippen molar-refractivity contribution >= 4 is 22.4 Å². The molecule has 0 saturated heterocycles. The third kappa shape index (κ3) is 7.05. The molecule has 0 aliphatic rings. The molecule has 0 bridgehead atoms. The van der Waals surface area contributed by atoms with E-state index in [1.807, 2.05) is 13.8 Å². The Kier molecular flexibility index (Phi) is 7.40. The van der Waals surface area contributed by atoms with Crippen LogP contribution in [0.2, 0.25) is 0 Å². The average Bonchev–Trinajstić information content (AvgIpc) is 2.45. The van der Waals surface area contributed by atoms with Crippen molar-refractivity contribution in [1.29, 1.82) is 0 Å². The Morgan fingerprint density at radius 3 is 2.30 bits per heavy atom. The lowest BCUT2D eigenvalue weighted by atomic mass is 10.0. The highest BCUT2D eigenvalue weighted by atomic mass is 32.2. The maximum absolute atomic E-state index is 12.2. The normalized spacial score (nSPS) is 13.2. The maximum atomic E-state index is 12.2. The van der Waals surface area contributed by atoms with Gasteiger partial charge in [-0.15, -0.1) is 0 Å². The number of nitrogens with one attached hydrogen (secondary N) is 1. The molecule has 0 heterocycles. The zero-order valence-electron chi connectivity index (χ0n) is 13.0. The summed E-state index contributed by atoms with van der Waals surface area (Å²) in [4.78, 5) is 23.5. The van der Waals surface area contributed by atoms with E-state index in [-0.39, 0.29) is 18.8 Å². The van der Waals surface area contributed by atoms with Crippen molar-refractivity contribution in [2.75, 3.05) is 0 Å². The summed E-state index contributed by atoms with van der Waals surface area (Å²) in [5.41, 5.74) is 0.755. The molecule has 23 heavy (non-hydrogen) atoms. The summed E-state index contributed by atoms with van der Waals surface area (Å²) in [6.45, 7) is 3.64. The van der Waals surface area contributed by atoms with Crippen LogP contribution in [0.4, 0.5) is 0 Å². The molecule has 2 N–H and O–H groups in total. The minimum absolute atomic E-state index is 0.0375. The van der Waals surface area contributed by atoms with E-state index < -0.39 is 34.5 Å². The molecule has 1 rings (SSSR count). The van der Waals surface area contributed by atoms with Gasteiger partial charge in [0, 0.05) is 6.42 Å². The predicted molar refractivity (Wildman–Crippen MR) is 84.3 cm³/mol. The average molecular weight is 340 g/mol. The Morgan fingerprint density at radius 2 is 1.83 bits per heavy atom. The van der Waals surface area contributed by atoms with Gasteiger partial charge < -0.3 is 10.4 Å². The van der Waals surface area contributed by atoms with E-state index in [0.717, 1.165) is 5.56 Å². The molecule has 7 nitrogen and oxygen atoms in total. The quantitative estimate of drug-likeness (QED) is 0.740. The number of benzene rings is 1. The third-order valence-electron chi connectivity index (χ3n) is 3.11. The summed E-state index contributed by atoms with van der Waals surface area (Å²) in [6.07, 6.45) is 0.328. The predicted octanol–water partition coefficient (Wildman–Crippen LogP) is 1.28. The van der Waals surface area contributed by atoms with Gasteiger partial charge in [0.05, 0.1) is 0 Å². The van der Waals surface area contributed by atoms with Crippen molar-refractivity contribution in [2.45, 2.75) is 38.8 Å². The van der Waals surface area contributed by atoms with Crippen LogP contribution in [0, 0.1) is 5.92 Å². The number of aliphatic carboxylic acids is 1. The Balaban J connectivity index is 2.86. The molecule has 0 spiro atoms. The van der Waals surface area contributed by atoms with Crippen molar-refractivity contribution in [3.63, 3.8) is 0 Å². The van der Waals surface area contributed by atoms with Crippen LogP contribution < -0.4 is 5.32 Å². The third-order valence-corrected chi connectivity index (χ3v) is 3.53. The summed E-state index contributed by atoms with van der Waals surface area (Å²) < 4.78 is 24.8. The number of carboxylic acids is 1. The van der Waals surface area contributed by atoms with Crippen molar-refractivity contribution in [2.24, 2.45) is 10.3 Å². The van der Waals surface area contributed by atoms with Crippen LogP contribution in [0.3, 0.4) is 0 Å². The van der Waals surface area contributed by atoms with Gasteiger partial charge in [-0.25, -0.2) is 4.79 Å². The largest absolute Gasteiger partial charge is 0.480 e. The number of carbonyl (C=O) groups excluding carboxylic acids is 1. The van der Waals surface area contributed by atoms with E-state index in [2.05, 4.69) is 9.68 Å². The standard InChI is InChI=1S/C15H20N2O5S/c1-10(2)8-12(17-23(21)22)14(18)16-13(15(19)20)9-11-6-4-3-5-7-11/h3-7,10,12-13H,8-9H2,1-2H3,(H,16,18)(H,19,20)/t12-,13-/m0/s1. The number of amides is 1. The summed E-state index contributed by atoms with van der Waals surface area (Å²) in [5.74, 6) is -1.85. The van der Waals surface area contributed by atoms with E-state index in [1.54, 1.807) is 30.3 Å². The number of hydrogen-bond donors (Lipinski definition) is 2. The van der Waals surface area contributed by atoms with E-state index in [1.165, 1.54) is 0 Å². The molecular formula is C15H20N2O5S. The lowest BCUT2D eigenvalue weighted by Gasteiger charge is -2.18. The monoisotopic (exact) mass is 340 g/mol. The maximum Gasteiger partial charge on any atom is 0.326 e. The second-order valence-corrected chi connectivity index (χ2v) is 6.20. The van der Waals surface area contributed by atoms with Gasteiger partial charge in [-0.2, -0.15) is 12.8 Å². The number of carbonyl (C=O) groups is 2. The first kappa shape index (κ1) is 18.8. The highest BCUT2D eigenvalue weighted by Gasteiger charge is 2.26. The second-order valence-electron chi connectivity index (χ2n) is 5.56. The fourth-order valence-electron chi connectivity index (χ4n) is 2.07. The fraction of sp³-hybridized carbons (Fsp3) is 0.467. The van der Waals surface area contributed by atoms with E-state index in [4.69, 9.17) is 0 Å². The summed E-state index contributed by atoms with van der Waals surface area (Å²) in [7, 11) is -2.73. The van der Waals surface area contributed by atoms with Gasteiger partial charge in [-0.05, 0) is 17.9 Å². The molecule has 1 aromatic carbocycles. The fourth-order valence-corrected chi connectivity index (χ4v) is 2.46. The zero-order chi connectivity index (χ0) is 17.4. The van der Waals surface area contributed by atoms with Crippen LogP contribution in [0.1, 0.15) is 25.8 Å². The van der Waals surface area contributed by atoms with Gasteiger partial charge in [-0.1, -0.05) is 44.2 Å². The molecule has 1 aromatic rings. The first-order valence-electron chi connectivity index (χ1n) is 7.17. The van der Waals surface area contributed by atoms with Crippen LogP contribution in [-0.2, 0) is 26.5 Å². The molecule has 8 heteroatoms. The van der Waals surface area contributed by atoms with Crippen LogP contribution >= 0.6 is 0 Å².